The van der Waals surface area contributed by atoms with Gasteiger partial charge in [0.25, 0.3) is 5.91 Å². The normalized spacial score (nSPS) is 19.7. The lowest BCUT2D eigenvalue weighted by molar-refractivity contribution is 0.0306. The van der Waals surface area contributed by atoms with Gasteiger partial charge in [-0.1, -0.05) is 72.8 Å². The highest BCUT2D eigenvalue weighted by Crippen LogP contribution is 2.53. The van der Waals surface area contributed by atoms with Gasteiger partial charge in [0.1, 0.15) is 29.5 Å². The highest BCUT2D eigenvalue weighted by atomic mass is 32.2. The number of rotatable bonds is 11. The van der Waals surface area contributed by atoms with Crippen molar-refractivity contribution < 1.29 is 29.2 Å². The molecule has 0 spiro atoms. The zero-order chi connectivity index (χ0) is 34.7. The van der Waals surface area contributed by atoms with E-state index >= 15 is 0 Å². The number of thiol groups is 1. The fourth-order valence-corrected chi connectivity index (χ4v) is 9.18. The molecule has 1 aliphatic rings. The Balaban J connectivity index is 1.27. The Kier molecular flexibility index (Phi) is 9.50. The summed E-state index contributed by atoms with van der Waals surface area (Å²) in [6.07, 6.45) is 0.841. The molecule has 1 fully saturated rings. The number of aliphatic hydroxyl groups excluding tert-OH is 2. The Morgan fingerprint density at radius 2 is 1.40 bits per heavy atom. The highest BCUT2D eigenvalue weighted by Gasteiger charge is 2.44. The number of carbonyl (C=O) groups is 1. The van der Waals surface area contributed by atoms with Crippen molar-refractivity contribution in [2.45, 2.75) is 23.2 Å². The van der Waals surface area contributed by atoms with Gasteiger partial charge in [-0.2, -0.15) is 0 Å². The van der Waals surface area contributed by atoms with Crippen molar-refractivity contribution in [3.63, 3.8) is 0 Å². The second kappa shape index (κ2) is 14.3. The monoisotopic (exact) mass is 691 g/mol. The molecule has 4 aromatic carbocycles. The number of nitrogens with one attached hydrogen (secondary N) is 1. The van der Waals surface area contributed by atoms with Gasteiger partial charge in [-0.25, -0.2) is 25.8 Å². The quantitative estimate of drug-likeness (QED) is 0.105. The van der Waals surface area contributed by atoms with E-state index in [-0.39, 0.29) is 17.7 Å². The van der Waals surface area contributed by atoms with Crippen molar-refractivity contribution in [3.05, 3.63) is 144 Å². The first kappa shape index (κ1) is 33.2. The molecule has 0 saturated carbocycles. The SMILES string of the molecule is COc1ccc(C(OC[SH]2C[C@@H](O)[C@@H](O)[C@@H]2n2cnc3c(NC(=O)c4ccccc4)ncnc32)(c2ccccc2)c2ccc(OC)cc2)cc1. The largest absolute Gasteiger partial charge is 0.497 e. The third-order valence-corrected chi connectivity index (χ3v) is 11.6. The number of hydrogen-bond acceptors (Lipinski definition) is 9. The molecule has 1 unspecified atom stereocenters. The topological polar surface area (TPSA) is 141 Å². The molecule has 0 aliphatic carbocycles. The van der Waals surface area contributed by atoms with Gasteiger partial charge in [-0.05, 0) is 53.1 Å². The predicted molar refractivity (Wildman–Crippen MR) is 193 cm³/mol. The van der Waals surface area contributed by atoms with E-state index in [0.29, 0.717) is 34.0 Å². The molecule has 1 amide bonds. The number of fused-ring (bicyclic) bond motifs is 1. The van der Waals surface area contributed by atoms with Crippen molar-refractivity contribution in [2.75, 3.05) is 31.2 Å². The Morgan fingerprint density at radius 3 is 2.00 bits per heavy atom. The molecule has 0 radical (unpaired) electrons. The summed E-state index contributed by atoms with van der Waals surface area (Å²) in [6, 6.07) is 34.4. The van der Waals surface area contributed by atoms with Gasteiger partial charge in [-0.15, -0.1) is 0 Å². The zero-order valence-corrected chi connectivity index (χ0v) is 28.4. The lowest BCUT2D eigenvalue weighted by atomic mass is 9.80. The number of amides is 1. The van der Waals surface area contributed by atoms with Crippen LogP contribution in [0.1, 0.15) is 32.4 Å². The average molecular weight is 692 g/mol. The van der Waals surface area contributed by atoms with Crippen LogP contribution in [0.4, 0.5) is 5.82 Å². The number of ether oxygens (including phenoxy) is 3. The molecule has 11 nitrogen and oxygen atoms in total. The molecular weight excluding hydrogens is 655 g/mol. The summed E-state index contributed by atoms with van der Waals surface area (Å²) in [5, 5.41) is 24.8. The van der Waals surface area contributed by atoms with Gasteiger partial charge in [0.15, 0.2) is 17.0 Å². The van der Waals surface area contributed by atoms with Crippen LogP contribution in [0.3, 0.4) is 0 Å². The van der Waals surface area contributed by atoms with E-state index in [9.17, 15) is 15.0 Å². The van der Waals surface area contributed by atoms with Crippen LogP contribution in [-0.4, -0.2) is 73.8 Å². The summed E-state index contributed by atoms with van der Waals surface area (Å²) in [5.41, 5.74) is 2.86. The number of aromatic nitrogens is 4. The standard InChI is InChI=1S/C38H37N5O6S/c1-47-29-17-13-27(14-18-29)38(26-11-7-4-8-12-26,28-15-19-30(48-2)20-16-28)49-24-50-21-31(44)33(45)37(50)43-23-41-32-34(39-22-40-35(32)43)42-36(46)25-9-5-3-6-10-25/h3-20,22-23,31,33,37,44-45,50H,21,24H2,1-2H3,(H,39,40,42,46)/t31-,33-,37-/m1/s1. The van der Waals surface area contributed by atoms with E-state index in [1.807, 2.05) is 84.9 Å². The summed E-state index contributed by atoms with van der Waals surface area (Å²) >= 11 is 0. The second-order valence-electron chi connectivity index (χ2n) is 11.9. The van der Waals surface area contributed by atoms with E-state index in [0.717, 1.165) is 16.7 Å². The molecule has 3 N–H and O–H groups in total. The smallest absolute Gasteiger partial charge is 0.256 e. The molecule has 3 heterocycles. The minimum atomic E-state index is -1.22. The van der Waals surface area contributed by atoms with Crippen LogP contribution in [0.25, 0.3) is 11.2 Å². The zero-order valence-electron chi connectivity index (χ0n) is 27.5. The van der Waals surface area contributed by atoms with Crippen molar-refractivity contribution in [1.82, 2.24) is 19.5 Å². The molecule has 2 aromatic heterocycles. The lowest BCUT2D eigenvalue weighted by Crippen LogP contribution is -2.34. The van der Waals surface area contributed by atoms with Gasteiger partial charge < -0.3 is 34.3 Å². The Morgan fingerprint density at radius 1 is 0.820 bits per heavy atom. The number of carbonyl (C=O) groups excluding carboxylic acids is 1. The Hall–Kier alpha value is -5.27. The first-order chi connectivity index (χ1) is 24.4. The average Bonchev–Trinajstić information content (AvgIpc) is 3.72. The van der Waals surface area contributed by atoms with E-state index in [2.05, 4.69) is 20.3 Å². The first-order valence-corrected chi connectivity index (χ1v) is 17.8. The lowest BCUT2D eigenvalue weighted by Gasteiger charge is -2.38. The Labute approximate surface area is 291 Å². The third kappa shape index (κ3) is 6.18. The van der Waals surface area contributed by atoms with E-state index < -0.39 is 34.1 Å². The summed E-state index contributed by atoms with van der Waals surface area (Å²) in [7, 11) is 2.03. The van der Waals surface area contributed by atoms with Crippen molar-refractivity contribution in [3.8, 4) is 11.5 Å². The molecule has 256 valence electrons. The highest BCUT2D eigenvalue weighted by molar-refractivity contribution is 8.17. The maximum Gasteiger partial charge on any atom is 0.256 e. The van der Waals surface area contributed by atoms with Crippen molar-refractivity contribution in [2.24, 2.45) is 0 Å². The van der Waals surface area contributed by atoms with Gasteiger partial charge in [0.05, 0.1) is 38.0 Å². The molecular formula is C38H37N5O6S. The molecule has 7 rings (SSSR count). The second-order valence-corrected chi connectivity index (χ2v) is 14.2. The fraction of sp³-hybridized carbons (Fsp3) is 0.211. The molecule has 0 bridgehead atoms. The van der Waals surface area contributed by atoms with E-state index in [1.165, 1.54) is 6.33 Å². The Bertz CT molecular complexity index is 2010. The third-order valence-electron chi connectivity index (χ3n) is 9.03. The number of methoxy groups -OCH3 is 2. The number of nitrogens with zero attached hydrogens (tertiary/aromatic N) is 4. The molecule has 50 heavy (non-hydrogen) atoms. The van der Waals surface area contributed by atoms with Crippen LogP contribution in [0.2, 0.25) is 0 Å². The van der Waals surface area contributed by atoms with Gasteiger partial charge >= 0.3 is 0 Å². The van der Waals surface area contributed by atoms with Gasteiger partial charge in [-0.3, -0.25) is 4.79 Å². The summed E-state index contributed by atoms with van der Waals surface area (Å²) in [4.78, 5) is 26.3. The summed E-state index contributed by atoms with van der Waals surface area (Å²) in [6.45, 7) is 0. The maximum atomic E-state index is 13.0. The fourth-order valence-electron chi connectivity index (χ4n) is 6.50. The summed E-state index contributed by atoms with van der Waals surface area (Å²) < 4.78 is 19.9. The number of anilines is 1. The van der Waals surface area contributed by atoms with Crippen LogP contribution >= 0.6 is 10.9 Å². The molecule has 4 atom stereocenters. The number of hydrogen-bond donors (Lipinski definition) is 4. The first-order valence-electron chi connectivity index (χ1n) is 16.1. The molecule has 1 aliphatic heterocycles. The van der Waals surface area contributed by atoms with Gasteiger partial charge in [0.2, 0.25) is 0 Å². The predicted octanol–water partition coefficient (Wildman–Crippen LogP) is 5.30. The molecule has 6 aromatic rings. The van der Waals surface area contributed by atoms with Crippen LogP contribution in [0.15, 0.2) is 122 Å². The number of aliphatic hydroxyl groups is 2. The minimum absolute atomic E-state index is 0.212. The van der Waals surface area contributed by atoms with Crippen LogP contribution in [0, 0.1) is 0 Å². The maximum absolute atomic E-state index is 13.0. The molecule has 12 heteroatoms. The number of benzene rings is 4. The van der Waals surface area contributed by atoms with E-state index in [4.69, 9.17) is 14.2 Å². The van der Waals surface area contributed by atoms with Crippen molar-refractivity contribution >= 4 is 33.8 Å². The van der Waals surface area contributed by atoms with E-state index in [1.54, 1.807) is 49.4 Å². The minimum Gasteiger partial charge on any atom is -0.497 e. The number of imidazole rings is 1. The van der Waals surface area contributed by atoms with Crippen molar-refractivity contribution in [1.29, 1.82) is 0 Å². The van der Waals surface area contributed by atoms with Gasteiger partial charge in [0, 0.05) is 11.3 Å². The molecule has 1 saturated heterocycles. The summed E-state index contributed by atoms with van der Waals surface area (Å²) in [5.74, 6) is 1.89. The van der Waals surface area contributed by atoms with Crippen LogP contribution < -0.4 is 14.8 Å². The van der Waals surface area contributed by atoms with Crippen LogP contribution in [0.5, 0.6) is 11.5 Å². The van der Waals surface area contributed by atoms with Crippen LogP contribution in [-0.2, 0) is 10.3 Å².